The third-order valence-electron chi connectivity index (χ3n) is 3.92. The van der Waals surface area contributed by atoms with Crippen molar-refractivity contribution in [2.24, 2.45) is 0 Å². The van der Waals surface area contributed by atoms with Gasteiger partial charge in [-0.25, -0.2) is 9.97 Å². The Morgan fingerprint density at radius 1 is 1.10 bits per heavy atom. The molecule has 1 aliphatic heterocycles. The first-order valence-electron chi connectivity index (χ1n) is 7.22. The van der Waals surface area contributed by atoms with E-state index in [0.29, 0.717) is 5.92 Å². The van der Waals surface area contributed by atoms with E-state index in [2.05, 4.69) is 32.0 Å². The predicted octanol–water partition coefficient (Wildman–Crippen LogP) is 2.56. The van der Waals surface area contributed by atoms with Gasteiger partial charge in [-0.2, -0.15) is 0 Å². The molecule has 20 heavy (non-hydrogen) atoms. The Bertz CT molecular complexity index is 547. The molecule has 3 rings (SSSR count). The van der Waals surface area contributed by atoms with Crippen molar-refractivity contribution in [2.75, 3.05) is 13.1 Å². The molecule has 4 heteroatoms. The first-order chi connectivity index (χ1) is 9.81. The average molecular weight is 268 g/mol. The Kier molecular flexibility index (Phi) is 4.02. The lowest BCUT2D eigenvalue weighted by atomic mass is 9.95. The van der Waals surface area contributed by atoms with E-state index in [9.17, 15) is 0 Å². The normalized spacial score (nSPS) is 17.2. The summed E-state index contributed by atoms with van der Waals surface area (Å²) in [5.74, 6) is 1.54. The summed E-state index contributed by atoms with van der Waals surface area (Å²) in [4.78, 5) is 15.6. The largest absolute Gasteiger partial charge is 0.299 e. The number of hydrogen-bond acceptors (Lipinski definition) is 4. The summed E-state index contributed by atoms with van der Waals surface area (Å²) < 4.78 is 0. The predicted molar refractivity (Wildman–Crippen MR) is 78.3 cm³/mol. The van der Waals surface area contributed by atoms with Crippen LogP contribution < -0.4 is 0 Å². The van der Waals surface area contributed by atoms with Crippen molar-refractivity contribution in [3.8, 4) is 0 Å². The highest BCUT2D eigenvalue weighted by Crippen LogP contribution is 2.26. The molecule has 0 N–H and O–H groups in total. The van der Waals surface area contributed by atoms with Crippen LogP contribution in [-0.2, 0) is 6.54 Å². The van der Waals surface area contributed by atoms with Gasteiger partial charge in [0.05, 0.1) is 0 Å². The van der Waals surface area contributed by atoms with E-state index in [1.807, 2.05) is 31.6 Å². The molecule has 0 bridgehead atoms. The summed E-state index contributed by atoms with van der Waals surface area (Å²) >= 11 is 0. The molecule has 0 aliphatic carbocycles. The second kappa shape index (κ2) is 6.09. The fourth-order valence-electron chi connectivity index (χ4n) is 2.76. The van der Waals surface area contributed by atoms with Crippen LogP contribution >= 0.6 is 0 Å². The standard InChI is InChI=1S/C16H20N4/c1-13-2-9-18-16(19-13)15-5-10-20(11-6-15)12-14-3-7-17-8-4-14/h2-4,7-9,15H,5-6,10-12H2,1H3. The van der Waals surface area contributed by atoms with E-state index in [-0.39, 0.29) is 0 Å². The van der Waals surface area contributed by atoms with Gasteiger partial charge in [-0.05, 0) is 56.6 Å². The minimum Gasteiger partial charge on any atom is -0.299 e. The van der Waals surface area contributed by atoms with Crippen molar-refractivity contribution in [1.82, 2.24) is 19.9 Å². The minimum absolute atomic E-state index is 0.517. The highest BCUT2D eigenvalue weighted by molar-refractivity contribution is 5.10. The van der Waals surface area contributed by atoms with Crippen LogP contribution in [0.3, 0.4) is 0 Å². The van der Waals surface area contributed by atoms with Crippen LogP contribution in [0.2, 0.25) is 0 Å². The van der Waals surface area contributed by atoms with Crippen molar-refractivity contribution >= 4 is 0 Å². The zero-order valence-corrected chi connectivity index (χ0v) is 11.9. The fourth-order valence-corrected chi connectivity index (χ4v) is 2.76. The van der Waals surface area contributed by atoms with E-state index in [4.69, 9.17) is 0 Å². The third kappa shape index (κ3) is 3.20. The van der Waals surface area contributed by atoms with Crippen LogP contribution in [0.5, 0.6) is 0 Å². The molecule has 0 atom stereocenters. The van der Waals surface area contributed by atoms with Crippen molar-refractivity contribution < 1.29 is 0 Å². The van der Waals surface area contributed by atoms with Crippen LogP contribution in [0, 0.1) is 6.92 Å². The van der Waals surface area contributed by atoms with E-state index >= 15 is 0 Å². The Hall–Kier alpha value is -1.81. The molecule has 0 unspecified atom stereocenters. The monoisotopic (exact) mass is 268 g/mol. The smallest absolute Gasteiger partial charge is 0.131 e. The Balaban J connectivity index is 1.57. The van der Waals surface area contributed by atoms with Gasteiger partial charge in [0.25, 0.3) is 0 Å². The van der Waals surface area contributed by atoms with E-state index in [1.165, 1.54) is 5.56 Å². The molecule has 1 saturated heterocycles. The molecule has 1 aliphatic rings. The van der Waals surface area contributed by atoms with Crippen LogP contribution in [0.1, 0.15) is 35.8 Å². The van der Waals surface area contributed by atoms with Crippen molar-refractivity contribution in [3.05, 3.63) is 53.9 Å². The summed E-state index contributed by atoms with van der Waals surface area (Å²) in [6.45, 7) is 5.28. The molecule has 0 saturated carbocycles. The number of aromatic nitrogens is 3. The van der Waals surface area contributed by atoms with E-state index < -0.39 is 0 Å². The number of piperidine rings is 1. The fraction of sp³-hybridized carbons (Fsp3) is 0.438. The number of pyridine rings is 1. The van der Waals surface area contributed by atoms with Gasteiger partial charge >= 0.3 is 0 Å². The highest BCUT2D eigenvalue weighted by Gasteiger charge is 2.22. The second-order valence-corrected chi connectivity index (χ2v) is 5.46. The molecular formula is C16H20N4. The van der Waals surface area contributed by atoms with Gasteiger partial charge in [-0.15, -0.1) is 0 Å². The van der Waals surface area contributed by atoms with E-state index in [1.54, 1.807) is 0 Å². The van der Waals surface area contributed by atoms with Gasteiger partial charge in [0.2, 0.25) is 0 Å². The van der Waals surface area contributed by atoms with Gasteiger partial charge < -0.3 is 0 Å². The van der Waals surface area contributed by atoms with Crippen molar-refractivity contribution in [2.45, 2.75) is 32.2 Å². The van der Waals surface area contributed by atoms with Gasteiger partial charge in [0.1, 0.15) is 5.82 Å². The molecule has 4 nitrogen and oxygen atoms in total. The molecule has 0 amide bonds. The van der Waals surface area contributed by atoms with E-state index in [0.717, 1.165) is 44.0 Å². The third-order valence-corrected chi connectivity index (χ3v) is 3.92. The van der Waals surface area contributed by atoms with Gasteiger partial charge in [0.15, 0.2) is 0 Å². The lowest BCUT2D eigenvalue weighted by Crippen LogP contribution is -2.33. The quantitative estimate of drug-likeness (QED) is 0.858. The van der Waals surface area contributed by atoms with Crippen molar-refractivity contribution in [1.29, 1.82) is 0 Å². The lowest BCUT2D eigenvalue weighted by molar-refractivity contribution is 0.201. The Morgan fingerprint density at radius 3 is 2.55 bits per heavy atom. The molecule has 3 heterocycles. The Morgan fingerprint density at radius 2 is 1.85 bits per heavy atom. The zero-order valence-electron chi connectivity index (χ0n) is 11.9. The number of nitrogens with zero attached hydrogens (tertiary/aromatic N) is 4. The molecule has 0 spiro atoms. The SMILES string of the molecule is Cc1ccnc(C2CCN(Cc3ccncc3)CC2)n1. The summed E-state index contributed by atoms with van der Waals surface area (Å²) in [7, 11) is 0. The Labute approximate surface area is 119 Å². The molecule has 1 fully saturated rings. The highest BCUT2D eigenvalue weighted by atomic mass is 15.1. The van der Waals surface area contributed by atoms with Crippen LogP contribution in [0.4, 0.5) is 0 Å². The molecule has 0 aromatic carbocycles. The summed E-state index contributed by atoms with van der Waals surface area (Å²) in [6.07, 6.45) is 7.90. The topological polar surface area (TPSA) is 41.9 Å². The van der Waals surface area contributed by atoms with Gasteiger partial charge in [0, 0.05) is 36.7 Å². The van der Waals surface area contributed by atoms with Crippen LogP contribution in [-0.4, -0.2) is 32.9 Å². The molecular weight excluding hydrogens is 248 g/mol. The number of hydrogen-bond donors (Lipinski definition) is 0. The van der Waals surface area contributed by atoms with Crippen LogP contribution in [0.25, 0.3) is 0 Å². The molecule has 2 aromatic heterocycles. The first kappa shape index (κ1) is 13.2. The van der Waals surface area contributed by atoms with Crippen molar-refractivity contribution in [3.63, 3.8) is 0 Å². The maximum atomic E-state index is 4.57. The van der Waals surface area contributed by atoms with Gasteiger partial charge in [-0.1, -0.05) is 0 Å². The molecule has 104 valence electrons. The van der Waals surface area contributed by atoms with Gasteiger partial charge in [-0.3, -0.25) is 9.88 Å². The maximum Gasteiger partial charge on any atom is 0.131 e. The summed E-state index contributed by atoms with van der Waals surface area (Å²) in [5, 5.41) is 0. The average Bonchev–Trinajstić information content (AvgIpc) is 2.49. The lowest BCUT2D eigenvalue weighted by Gasteiger charge is -2.31. The first-order valence-corrected chi connectivity index (χ1v) is 7.22. The molecule has 0 radical (unpaired) electrons. The maximum absolute atomic E-state index is 4.57. The zero-order chi connectivity index (χ0) is 13.8. The number of rotatable bonds is 3. The summed E-state index contributed by atoms with van der Waals surface area (Å²) in [6, 6.07) is 6.15. The van der Waals surface area contributed by atoms with Crippen LogP contribution in [0.15, 0.2) is 36.8 Å². The second-order valence-electron chi connectivity index (χ2n) is 5.46. The summed E-state index contributed by atoms with van der Waals surface area (Å²) in [5.41, 5.74) is 2.40. The number of likely N-dealkylation sites (tertiary alicyclic amines) is 1. The minimum atomic E-state index is 0.517. The molecule has 2 aromatic rings. The number of aryl methyl sites for hydroxylation is 1.